The number of aryl methyl sites for hydroxylation is 1. The molecule has 5 nitrogen and oxygen atoms in total. The fourth-order valence-electron chi connectivity index (χ4n) is 1.91. The number of rotatable bonds is 4. The van der Waals surface area contributed by atoms with E-state index in [1.54, 1.807) is 4.68 Å². The molecule has 0 aliphatic carbocycles. The smallest absolute Gasteiger partial charge is 0.341 e. The first-order chi connectivity index (χ1) is 9.04. The highest BCUT2D eigenvalue weighted by molar-refractivity contribution is 7.12. The third-order valence-electron chi connectivity index (χ3n) is 2.71. The molecule has 0 radical (unpaired) electrons. The van der Waals surface area contributed by atoms with Gasteiger partial charge in [0.25, 0.3) is 0 Å². The summed E-state index contributed by atoms with van der Waals surface area (Å²) in [6.07, 6.45) is 2.31. The predicted molar refractivity (Wildman–Crippen MR) is 73.4 cm³/mol. The topological polar surface area (TPSA) is 72.2 Å². The van der Waals surface area contributed by atoms with E-state index in [0.717, 1.165) is 23.2 Å². The minimum atomic E-state index is -1.20. The van der Waals surface area contributed by atoms with Crippen molar-refractivity contribution < 1.29 is 9.90 Å². The van der Waals surface area contributed by atoms with Crippen molar-refractivity contribution in [2.24, 2.45) is 0 Å². The Bertz CT molecular complexity index is 673. The largest absolute Gasteiger partial charge is 0.477 e. The van der Waals surface area contributed by atoms with Crippen molar-refractivity contribution in [2.45, 2.75) is 26.7 Å². The molecule has 0 aliphatic rings. The first-order valence-corrected chi connectivity index (χ1v) is 6.82. The van der Waals surface area contributed by atoms with Crippen LogP contribution in [0.2, 0.25) is 0 Å². The van der Waals surface area contributed by atoms with E-state index in [-0.39, 0.29) is 5.56 Å². The molecule has 0 fully saturated rings. The van der Waals surface area contributed by atoms with E-state index in [1.165, 1.54) is 11.3 Å². The number of carboxylic acid groups (broad SMARTS) is 1. The Balaban J connectivity index is 2.70. The minimum Gasteiger partial charge on any atom is -0.477 e. The zero-order valence-corrected chi connectivity index (χ0v) is 11.5. The number of carbonyl (C=O) groups is 1. The normalized spacial score (nSPS) is 10.6. The van der Waals surface area contributed by atoms with Crippen LogP contribution >= 0.6 is 11.3 Å². The zero-order chi connectivity index (χ0) is 14.0. The van der Waals surface area contributed by atoms with Gasteiger partial charge in [0.15, 0.2) is 0 Å². The average molecular weight is 278 g/mol. The van der Waals surface area contributed by atoms with Crippen molar-refractivity contribution in [2.75, 3.05) is 0 Å². The van der Waals surface area contributed by atoms with Crippen molar-refractivity contribution >= 4 is 17.3 Å². The van der Waals surface area contributed by atoms with Gasteiger partial charge in [0, 0.05) is 0 Å². The van der Waals surface area contributed by atoms with Crippen LogP contribution in [-0.4, -0.2) is 20.9 Å². The lowest BCUT2D eigenvalue weighted by Crippen LogP contribution is -2.23. The second kappa shape index (κ2) is 5.36. The van der Waals surface area contributed by atoms with Gasteiger partial charge in [-0.05, 0) is 30.4 Å². The van der Waals surface area contributed by atoms with Gasteiger partial charge in [0.05, 0.1) is 11.9 Å². The standard InChI is InChI=1S/C13H14N2O3S/c1-3-4-9-12(13(17)18)10(16)6-14-15(9)11-5-8(2)7-19-11/h5-7H,3-4H2,1-2H3,(H,17,18). The van der Waals surface area contributed by atoms with Crippen LogP contribution in [0.25, 0.3) is 5.00 Å². The number of thiophene rings is 1. The van der Waals surface area contributed by atoms with Crippen molar-refractivity contribution in [3.05, 3.63) is 44.7 Å². The molecule has 0 unspecified atom stereocenters. The molecule has 2 aromatic rings. The maximum Gasteiger partial charge on any atom is 0.341 e. The third-order valence-corrected chi connectivity index (χ3v) is 3.73. The van der Waals surface area contributed by atoms with Gasteiger partial charge in [0.1, 0.15) is 10.6 Å². The Hall–Kier alpha value is -1.95. The van der Waals surface area contributed by atoms with Crippen LogP contribution in [0.1, 0.15) is 35.0 Å². The Morgan fingerprint density at radius 2 is 2.26 bits per heavy atom. The summed E-state index contributed by atoms with van der Waals surface area (Å²) in [4.78, 5) is 23.0. The van der Waals surface area contributed by atoms with Crippen LogP contribution in [0.15, 0.2) is 22.4 Å². The maximum absolute atomic E-state index is 11.7. The minimum absolute atomic E-state index is 0.178. The lowest BCUT2D eigenvalue weighted by molar-refractivity contribution is 0.0693. The summed E-state index contributed by atoms with van der Waals surface area (Å²) in [5.74, 6) is -1.20. The molecule has 0 bridgehead atoms. The molecule has 0 saturated carbocycles. The second-order valence-corrected chi connectivity index (χ2v) is 5.15. The Morgan fingerprint density at radius 1 is 1.53 bits per heavy atom. The summed E-state index contributed by atoms with van der Waals surface area (Å²) < 4.78 is 1.56. The molecule has 6 heteroatoms. The van der Waals surface area contributed by atoms with Crippen LogP contribution in [0, 0.1) is 6.92 Å². The van der Waals surface area contributed by atoms with E-state index < -0.39 is 11.4 Å². The van der Waals surface area contributed by atoms with Gasteiger partial charge in [-0.25, -0.2) is 9.48 Å². The van der Waals surface area contributed by atoms with Crippen LogP contribution in [0.4, 0.5) is 0 Å². The molecule has 0 aromatic carbocycles. The molecule has 1 N–H and O–H groups in total. The first kappa shape index (κ1) is 13.5. The van der Waals surface area contributed by atoms with Crippen LogP contribution < -0.4 is 5.43 Å². The number of aromatic carboxylic acids is 1. The predicted octanol–water partition coefficient (Wildman–Crippen LogP) is 2.25. The SMILES string of the molecule is CCCc1c(C(=O)O)c(=O)cnn1-c1cc(C)cs1. The Morgan fingerprint density at radius 3 is 2.79 bits per heavy atom. The Labute approximate surface area is 114 Å². The summed E-state index contributed by atoms with van der Waals surface area (Å²) in [6.45, 7) is 3.90. The van der Waals surface area contributed by atoms with Gasteiger partial charge in [-0.15, -0.1) is 11.3 Å². The van der Waals surface area contributed by atoms with Crippen molar-refractivity contribution in [3.63, 3.8) is 0 Å². The highest BCUT2D eigenvalue weighted by atomic mass is 32.1. The number of aromatic nitrogens is 2. The van der Waals surface area contributed by atoms with Crippen LogP contribution in [0.5, 0.6) is 0 Å². The summed E-state index contributed by atoms with van der Waals surface area (Å²) in [5, 5.41) is 16.1. The van der Waals surface area contributed by atoms with E-state index in [2.05, 4.69) is 5.10 Å². The van der Waals surface area contributed by atoms with Crippen molar-refractivity contribution in [3.8, 4) is 5.00 Å². The number of nitrogens with zero attached hydrogens (tertiary/aromatic N) is 2. The fraction of sp³-hybridized carbons (Fsp3) is 0.308. The molecule has 100 valence electrons. The zero-order valence-electron chi connectivity index (χ0n) is 10.7. The molecule has 19 heavy (non-hydrogen) atoms. The monoisotopic (exact) mass is 278 g/mol. The lowest BCUT2D eigenvalue weighted by Gasteiger charge is -2.11. The summed E-state index contributed by atoms with van der Waals surface area (Å²) in [6, 6.07) is 1.92. The van der Waals surface area contributed by atoms with Gasteiger partial charge in [-0.1, -0.05) is 13.3 Å². The first-order valence-electron chi connectivity index (χ1n) is 5.94. The molecule has 2 aromatic heterocycles. The van der Waals surface area contributed by atoms with E-state index in [9.17, 15) is 14.7 Å². The quantitative estimate of drug-likeness (QED) is 0.931. The van der Waals surface area contributed by atoms with E-state index in [1.807, 2.05) is 25.3 Å². The molecule has 0 amide bonds. The average Bonchev–Trinajstić information content (AvgIpc) is 2.76. The van der Waals surface area contributed by atoms with Crippen molar-refractivity contribution in [1.29, 1.82) is 0 Å². The molecule has 0 aliphatic heterocycles. The fourth-order valence-corrected chi connectivity index (χ4v) is 2.79. The molecule has 2 heterocycles. The van der Waals surface area contributed by atoms with Crippen molar-refractivity contribution in [1.82, 2.24) is 9.78 Å². The van der Waals surface area contributed by atoms with Gasteiger partial charge < -0.3 is 5.11 Å². The van der Waals surface area contributed by atoms with E-state index >= 15 is 0 Å². The van der Waals surface area contributed by atoms with Gasteiger partial charge in [0.2, 0.25) is 5.43 Å². The maximum atomic E-state index is 11.7. The number of hydrogen-bond acceptors (Lipinski definition) is 4. The van der Waals surface area contributed by atoms with Gasteiger partial charge >= 0.3 is 5.97 Å². The van der Waals surface area contributed by atoms with E-state index in [0.29, 0.717) is 12.1 Å². The van der Waals surface area contributed by atoms with Crippen LogP contribution in [0.3, 0.4) is 0 Å². The van der Waals surface area contributed by atoms with Crippen LogP contribution in [-0.2, 0) is 6.42 Å². The lowest BCUT2D eigenvalue weighted by atomic mass is 10.1. The second-order valence-electron chi connectivity index (χ2n) is 4.26. The molecule has 2 rings (SSSR count). The highest BCUT2D eigenvalue weighted by Crippen LogP contribution is 2.20. The van der Waals surface area contributed by atoms with Gasteiger partial charge in [-0.2, -0.15) is 5.10 Å². The number of carboxylic acids is 1. The molecular weight excluding hydrogens is 264 g/mol. The van der Waals surface area contributed by atoms with E-state index in [4.69, 9.17) is 0 Å². The number of hydrogen-bond donors (Lipinski definition) is 1. The third kappa shape index (κ3) is 2.58. The summed E-state index contributed by atoms with van der Waals surface area (Å²) in [7, 11) is 0. The highest BCUT2D eigenvalue weighted by Gasteiger charge is 2.19. The molecule has 0 atom stereocenters. The Kier molecular flexibility index (Phi) is 3.80. The molecule has 0 spiro atoms. The summed E-state index contributed by atoms with van der Waals surface area (Å²) in [5.41, 5.74) is 0.826. The molecule has 0 saturated heterocycles. The summed E-state index contributed by atoms with van der Waals surface area (Å²) >= 11 is 1.47. The van der Waals surface area contributed by atoms with Gasteiger partial charge in [-0.3, -0.25) is 4.79 Å². The molecular formula is C13H14N2O3S.